The highest BCUT2D eigenvalue weighted by Crippen LogP contribution is 2.08. The molecule has 5 heteroatoms. The molecule has 1 amide bonds. The molecule has 3 aromatic rings. The predicted octanol–water partition coefficient (Wildman–Crippen LogP) is 2.52. The molecule has 5 nitrogen and oxygen atoms in total. The summed E-state index contributed by atoms with van der Waals surface area (Å²) in [5, 5.41) is 6.95. The van der Waals surface area contributed by atoms with Gasteiger partial charge in [0.1, 0.15) is 5.82 Å². The summed E-state index contributed by atoms with van der Waals surface area (Å²) < 4.78 is 1.66. The Bertz CT molecular complexity index is 707. The van der Waals surface area contributed by atoms with E-state index >= 15 is 0 Å². The van der Waals surface area contributed by atoms with E-state index in [-0.39, 0.29) is 5.91 Å². The summed E-state index contributed by atoms with van der Waals surface area (Å²) in [6.07, 6.45) is 3.38. The van der Waals surface area contributed by atoms with Crippen LogP contribution in [0.5, 0.6) is 0 Å². The first-order valence-electron chi connectivity index (χ1n) is 6.16. The van der Waals surface area contributed by atoms with Crippen LogP contribution >= 0.6 is 0 Å². The first-order valence-corrected chi connectivity index (χ1v) is 6.16. The number of hydrogen-bond donors (Lipinski definition) is 1. The molecule has 0 unspecified atom stereocenters. The smallest absolute Gasteiger partial charge is 0.277 e. The lowest BCUT2D eigenvalue weighted by atomic mass is 10.3. The third kappa shape index (κ3) is 2.56. The number of amides is 1. The number of nitrogens with one attached hydrogen (secondary N) is 1. The van der Waals surface area contributed by atoms with Crippen molar-refractivity contribution in [1.82, 2.24) is 14.8 Å². The number of aromatic nitrogens is 3. The normalized spacial score (nSPS) is 10.2. The summed E-state index contributed by atoms with van der Waals surface area (Å²) in [4.78, 5) is 16.1. The van der Waals surface area contributed by atoms with Gasteiger partial charge in [0.15, 0.2) is 5.69 Å². The molecule has 0 saturated carbocycles. The molecule has 1 aromatic carbocycles. The van der Waals surface area contributed by atoms with Gasteiger partial charge in [-0.15, -0.1) is 0 Å². The monoisotopic (exact) mass is 264 g/mol. The zero-order chi connectivity index (χ0) is 13.8. The van der Waals surface area contributed by atoms with Crippen molar-refractivity contribution < 1.29 is 4.79 Å². The van der Waals surface area contributed by atoms with Crippen LogP contribution in [0.2, 0.25) is 0 Å². The molecule has 0 bridgehead atoms. The van der Waals surface area contributed by atoms with Crippen LogP contribution in [-0.4, -0.2) is 20.7 Å². The second kappa shape index (κ2) is 5.36. The van der Waals surface area contributed by atoms with Crippen LogP contribution in [0.4, 0.5) is 5.82 Å². The van der Waals surface area contributed by atoms with Crippen LogP contribution in [-0.2, 0) is 0 Å². The Labute approximate surface area is 115 Å². The summed E-state index contributed by atoms with van der Waals surface area (Å²) in [6, 6.07) is 16.6. The zero-order valence-corrected chi connectivity index (χ0v) is 10.6. The largest absolute Gasteiger partial charge is 0.305 e. The molecule has 0 spiro atoms. The molecule has 0 radical (unpaired) electrons. The maximum absolute atomic E-state index is 12.0. The van der Waals surface area contributed by atoms with Crippen LogP contribution in [0.3, 0.4) is 0 Å². The number of hydrogen-bond acceptors (Lipinski definition) is 3. The maximum atomic E-state index is 12.0. The van der Waals surface area contributed by atoms with Gasteiger partial charge in [-0.3, -0.25) is 4.79 Å². The molecule has 0 aliphatic rings. The van der Waals surface area contributed by atoms with Crippen molar-refractivity contribution in [3.05, 3.63) is 72.7 Å². The minimum atomic E-state index is -0.279. The molecule has 2 aromatic heterocycles. The number of nitrogens with zero attached hydrogens (tertiary/aromatic N) is 3. The van der Waals surface area contributed by atoms with Crippen molar-refractivity contribution in [2.75, 3.05) is 5.32 Å². The van der Waals surface area contributed by atoms with Gasteiger partial charge in [0, 0.05) is 12.4 Å². The van der Waals surface area contributed by atoms with Gasteiger partial charge in [0.25, 0.3) is 5.91 Å². The van der Waals surface area contributed by atoms with Crippen molar-refractivity contribution >= 4 is 11.7 Å². The van der Waals surface area contributed by atoms with Gasteiger partial charge in [-0.05, 0) is 30.3 Å². The maximum Gasteiger partial charge on any atom is 0.277 e. The molecule has 0 aliphatic carbocycles. The summed E-state index contributed by atoms with van der Waals surface area (Å²) in [5.74, 6) is 0.227. The molecule has 2 heterocycles. The van der Waals surface area contributed by atoms with Gasteiger partial charge >= 0.3 is 0 Å². The molecule has 0 fully saturated rings. The molecule has 0 atom stereocenters. The van der Waals surface area contributed by atoms with Gasteiger partial charge in [-0.25, -0.2) is 9.67 Å². The fraction of sp³-hybridized carbons (Fsp3) is 0. The molecular weight excluding hydrogens is 252 g/mol. The first-order chi connectivity index (χ1) is 9.83. The van der Waals surface area contributed by atoms with Crippen LogP contribution in [0.1, 0.15) is 10.5 Å². The highest BCUT2D eigenvalue weighted by atomic mass is 16.2. The average Bonchev–Trinajstić information content (AvgIpc) is 2.99. The van der Waals surface area contributed by atoms with Gasteiger partial charge in [0.2, 0.25) is 0 Å². The number of carbonyl (C=O) groups excluding carboxylic acids is 1. The standard InChI is InChI=1S/C15H12N4O/c20-15(17-14-8-4-5-10-16-14)13-9-11-19(18-13)12-6-2-1-3-7-12/h1-11H,(H,16,17,20). The predicted molar refractivity (Wildman–Crippen MR) is 75.8 cm³/mol. The Hall–Kier alpha value is -2.95. The number of rotatable bonds is 3. The molecule has 98 valence electrons. The molecule has 1 N–H and O–H groups in total. The highest BCUT2D eigenvalue weighted by molar-refractivity contribution is 6.02. The van der Waals surface area contributed by atoms with Gasteiger partial charge in [-0.2, -0.15) is 5.10 Å². The topological polar surface area (TPSA) is 59.8 Å². The summed E-state index contributed by atoms with van der Waals surface area (Å²) >= 11 is 0. The SMILES string of the molecule is O=C(Nc1ccccn1)c1ccn(-c2ccccc2)n1. The average molecular weight is 264 g/mol. The Morgan fingerprint density at radius 1 is 1.00 bits per heavy atom. The summed E-state index contributed by atoms with van der Waals surface area (Å²) in [6.45, 7) is 0. The lowest BCUT2D eigenvalue weighted by molar-refractivity contribution is 0.102. The second-order valence-corrected chi connectivity index (χ2v) is 4.15. The van der Waals surface area contributed by atoms with Crippen molar-refractivity contribution in [3.8, 4) is 5.69 Å². The van der Waals surface area contributed by atoms with Crippen LogP contribution in [0.25, 0.3) is 5.69 Å². The number of benzene rings is 1. The molecule has 3 rings (SSSR count). The Morgan fingerprint density at radius 3 is 2.55 bits per heavy atom. The Morgan fingerprint density at radius 2 is 1.80 bits per heavy atom. The van der Waals surface area contributed by atoms with E-state index in [9.17, 15) is 4.79 Å². The second-order valence-electron chi connectivity index (χ2n) is 4.15. The Kier molecular flexibility index (Phi) is 3.24. The fourth-order valence-electron chi connectivity index (χ4n) is 1.79. The lowest BCUT2D eigenvalue weighted by Crippen LogP contribution is -2.13. The van der Waals surface area contributed by atoms with E-state index in [1.165, 1.54) is 0 Å². The quantitative estimate of drug-likeness (QED) is 0.790. The molecule has 0 saturated heterocycles. The minimum absolute atomic E-state index is 0.279. The van der Waals surface area contributed by atoms with Crippen molar-refractivity contribution in [3.63, 3.8) is 0 Å². The van der Waals surface area contributed by atoms with E-state index in [1.807, 2.05) is 36.4 Å². The third-order valence-corrected chi connectivity index (χ3v) is 2.75. The van der Waals surface area contributed by atoms with Gasteiger partial charge < -0.3 is 5.32 Å². The molecule has 20 heavy (non-hydrogen) atoms. The number of anilines is 1. The van der Waals surface area contributed by atoms with E-state index in [1.54, 1.807) is 35.3 Å². The van der Waals surface area contributed by atoms with Crippen molar-refractivity contribution in [1.29, 1.82) is 0 Å². The van der Waals surface area contributed by atoms with Crippen LogP contribution in [0, 0.1) is 0 Å². The lowest BCUT2D eigenvalue weighted by Gasteiger charge is -2.02. The highest BCUT2D eigenvalue weighted by Gasteiger charge is 2.10. The molecule has 0 aliphatic heterocycles. The van der Waals surface area contributed by atoms with Gasteiger partial charge in [-0.1, -0.05) is 24.3 Å². The summed E-state index contributed by atoms with van der Waals surface area (Å²) in [7, 11) is 0. The first kappa shape index (κ1) is 12.1. The molecular formula is C15H12N4O. The fourth-order valence-corrected chi connectivity index (χ4v) is 1.79. The van der Waals surface area contributed by atoms with Crippen molar-refractivity contribution in [2.45, 2.75) is 0 Å². The van der Waals surface area contributed by atoms with E-state index in [0.717, 1.165) is 5.69 Å². The van der Waals surface area contributed by atoms with Gasteiger partial charge in [0.05, 0.1) is 5.69 Å². The number of para-hydroxylation sites is 1. The van der Waals surface area contributed by atoms with E-state index < -0.39 is 0 Å². The minimum Gasteiger partial charge on any atom is -0.305 e. The van der Waals surface area contributed by atoms with Crippen LogP contribution < -0.4 is 5.32 Å². The van der Waals surface area contributed by atoms with Crippen LogP contribution in [0.15, 0.2) is 67.0 Å². The van der Waals surface area contributed by atoms with E-state index in [4.69, 9.17) is 0 Å². The Balaban J connectivity index is 1.79. The number of pyridine rings is 1. The number of carbonyl (C=O) groups is 1. The zero-order valence-electron chi connectivity index (χ0n) is 10.6. The summed E-state index contributed by atoms with van der Waals surface area (Å²) in [5.41, 5.74) is 1.25. The third-order valence-electron chi connectivity index (χ3n) is 2.75. The van der Waals surface area contributed by atoms with Crippen molar-refractivity contribution in [2.24, 2.45) is 0 Å². The van der Waals surface area contributed by atoms with E-state index in [2.05, 4.69) is 15.4 Å². The van der Waals surface area contributed by atoms with E-state index in [0.29, 0.717) is 11.5 Å².